The third kappa shape index (κ3) is 4.40. The van der Waals surface area contributed by atoms with Crippen LogP contribution in [0.5, 0.6) is 0 Å². The summed E-state index contributed by atoms with van der Waals surface area (Å²) < 4.78 is 6.32. The zero-order chi connectivity index (χ0) is 36.2. The lowest BCUT2D eigenvalue weighted by Crippen LogP contribution is -2.28. The number of furan rings is 1. The van der Waals surface area contributed by atoms with E-state index >= 15 is 0 Å². The molecule has 2 heterocycles. The number of hydrogen-bond donors (Lipinski definition) is 0. The van der Waals surface area contributed by atoms with Gasteiger partial charge in [0.05, 0.1) is 11.6 Å². The van der Waals surface area contributed by atoms with Gasteiger partial charge in [-0.1, -0.05) is 112 Å². The first-order chi connectivity index (χ1) is 26.4. The highest BCUT2D eigenvalue weighted by Crippen LogP contribution is 2.56. The van der Waals surface area contributed by atoms with E-state index in [0.717, 1.165) is 57.0 Å². The molecule has 0 radical (unpaired) electrons. The summed E-state index contributed by atoms with van der Waals surface area (Å²) in [6.45, 7) is 4.61. The van der Waals surface area contributed by atoms with Crippen LogP contribution in [0.25, 0.3) is 78.4 Å². The van der Waals surface area contributed by atoms with Crippen LogP contribution in [0.1, 0.15) is 73.8 Å². The van der Waals surface area contributed by atoms with Gasteiger partial charge in [-0.15, -0.1) is 0 Å². The van der Waals surface area contributed by atoms with Gasteiger partial charge < -0.3 is 4.42 Å². The lowest BCUT2D eigenvalue weighted by molar-refractivity contribution is 0.353. The average Bonchev–Trinajstić information content (AvgIpc) is 3.80. The Kier molecular flexibility index (Phi) is 6.53. The summed E-state index contributed by atoms with van der Waals surface area (Å²) in [6.07, 6.45) is 5.72. The number of hydrogen-bond acceptors (Lipinski definition) is 5. The van der Waals surface area contributed by atoms with Gasteiger partial charge in [0.15, 0.2) is 17.5 Å². The normalized spacial score (nSPS) is 15.9. The number of para-hydroxylation sites is 1. The number of nitrogens with zero attached hydrogens (tertiary/aromatic N) is 4. The molecule has 1 fully saturated rings. The number of aromatic nitrogens is 3. The molecule has 3 aliphatic rings. The maximum atomic E-state index is 9.85. The lowest BCUT2D eigenvalue weighted by Gasteiger charge is -2.36. The lowest BCUT2D eigenvalue weighted by atomic mass is 9.67. The van der Waals surface area contributed by atoms with Gasteiger partial charge in [0, 0.05) is 38.3 Å². The van der Waals surface area contributed by atoms with E-state index in [1.165, 1.54) is 63.8 Å². The summed E-state index contributed by atoms with van der Waals surface area (Å²) in [5.41, 5.74) is 15.2. The SMILES string of the molecule is CC1(C)c2ccccc2-c2ccc(-c3nc(-c4ccc5c(c4)C4(CCCCC4)c4cc(C#N)ccc4-5)nc(-c4ccc5c(c4)oc4ccccc45)n3)cc21. The van der Waals surface area contributed by atoms with Gasteiger partial charge in [-0.3, -0.25) is 0 Å². The van der Waals surface area contributed by atoms with Crippen molar-refractivity contribution in [3.63, 3.8) is 0 Å². The van der Waals surface area contributed by atoms with Crippen LogP contribution in [0.4, 0.5) is 0 Å². The van der Waals surface area contributed by atoms with E-state index in [1.807, 2.05) is 24.3 Å². The summed E-state index contributed by atoms with van der Waals surface area (Å²) >= 11 is 0. The van der Waals surface area contributed by atoms with E-state index in [4.69, 9.17) is 19.4 Å². The Bertz CT molecular complexity index is 2920. The predicted octanol–water partition coefficient (Wildman–Crippen LogP) is 12.2. The Labute approximate surface area is 314 Å². The van der Waals surface area contributed by atoms with Gasteiger partial charge in [-0.25, -0.2) is 15.0 Å². The number of benzene rings is 6. The maximum absolute atomic E-state index is 9.85. The van der Waals surface area contributed by atoms with Crippen molar-refractivity contribution in [2.24, 2.45) is 0 Å². The van der Waals surface area contributed by atoms with Crippen molar-refractivity contribution >= 4 is 21.9 Å². The van der Waals surface area contributed by atoms with Crippen molar-refractivity contribution in [1.29, 1.82) is 5.26 Å². The molecule has 2 aromatic heterocycles. The van der Waals surface area contributed by atoms with E-state index in [0.29, 0.717) is 17.5 Å². The van der Waals surface area contributed by atoms with Crippen LogP contribution < -0.4 is 0 Å². The number of nitriles is 1. The molecule has 54 heavy (non-hydrogen) atoms. The zero-order valence-electron chi connectivity index (χ0n) is 30.3. The molecule has 8 aromatic rings. The molecule has 0 amide bonds. The molecule has 6 aromatic carbocycles. The van der Waals surface area contributed by atoms with E-state index < -0.39 is 0 Å². The third-order valence-electron chi connectivity index (χ3n) is 12.6. The molecule has 11 rings (SSSR count). The molecule has 1 saturated carbocycles. The zero-order valence-corrected chi connectivity index (χ0v) is 30.3. The first kappa shape index (κ1) is 31.2. The van der Waals surface area contributed by atoms with E-state index in [2.05, 4.69) is 117 Å². The molecule has 0 unspecified atom stereocenters. The second-order valence-corrected chi connectivity index (χ2v) is 15.8. The largest absolute Gasteiger partial charge is 0.456 e. The van der Waals surface area contributed by atoms with Crippen molar-refractivity contribution in [1.82, 2.24) is 15.0 Å². The minimum Gasteiger partial charge on any atom is -0.456 e. The van der Waals surface area contributed by atoms with Crippen LogP contribution >= 0.6 is 0 Å². The summed E-state index contributed by atoms with van der Waals surface area (Å²) in [5, 5.41) is 12.0. The van der Waals surface area contributed by atoms with Crippen molar-refractivity contribution in [3.8, 4) is 62.5 Å². The second kappa shape index (κ2) is 11.3. The summed E-state index contributed by atoms with van der Waals surface area (Å²) in [4.78, 5) is 15.7. The highest BCUT2D eigenvalue weighted by atomic mass is 16.3. The molecule has 258 valence electrons. The Morgan fingerprint density at radius 1 is 0.519 bits per heavy atom. The van der Waals surface area contributed by atoms with Gasteiger partial charge in [0.1, 0.15) is 11.2 Å². The van der Waals surface area contributed by atoms with Crippen molar-refractivity contribution in [2.45, 2.75) is 56.8 Å². The van der Waals surface area contributed by atoms with E-state index in [9.17, 15) is 5.26 Å². The molecule has 5 nitrogen and oxygen atoms in total. The molecule has 1 spiro atoms. The maximum Gasteiger partial charge on any atom is 0.164 e. The molecule has 5 heteroatoms. The Morgan fingerprint density at radius 3 is 1.81 bits per heavy atom. The predicted molar refractivity (Wildman–Crippen MR) is 215 cm³/mol. The van der Waals surface area contributed by atoms with Crippen LogP contribution in [0.2, 0.25) is 0 Å². The molecule has 0 N–H and O–H groups in total. The van der Waals surface area contributed by atoms with Crippen LogP contribution in [-0.4, -0.2) is 15.0 Å². The van der Waals surface area contributed by atoms with Crippen LogP contribution in [0.3, 0.4) is 0 Å². The fourth-order valence-electron chi connectivity index (χ4n) is 9.87. The molecular weight excluding hydrogens is 661 g/mol. The molecule has 0 bridgehead atoms. The smallest absolute Gasteiger partial charge is 0.164 e. The van der Waals surface area contributed by atoms with Crippen molar-refractivity contribution < 1.29 is 4.42 Å². The number of rotatable bonds is 3. The molecule has 0 atom stereocenters. The quantitative estimate of drug-likeness (QED) is 0.184. The second-order valence-electron chi connectivity index (χ2n) is 15.8. The van der Waals surface area contributed by atoms with E-state index in [1.54, 1.807) is 0 Å². The first-order valence-electron chi connectivity index (χ1n) is 19.0. The number of fused-ring (bicyclic) bond motifs is 11. The average molecular weight is 697 g/mol. The minimum absolute atomic E-state index is 0.114. The summed E-state index contributed by atoms with van der Waals surface area (Å²) in [5.74, 6) is 1.89. The van der Waals surface area contributed by atoms with Gasteiger partial charge in [-0.05, 0) is 99.8 Å². The highest BCUT2D eigenvalue weighted by Gasteiger charge is 2.44. The Morgan fingerprint density at radius 2 is 1.07 bits per heavy atom. The summed E-state index contributed by atoms with van der Waals surface area (Å²) in [6, 6.07) is 45.2. The van der Waals surface area contributed by atoms with Crippen molar-refractivity contribution in [2.75, 3.05) is 0 Å². The molecule has 0 saturated heterocycles. The first-order valence-corrected chi connectivity index (χ1v) is 19.0. The Hall–Kier alpha value is -6.38. The topological polar surface area (TPSA) is 75.6 Å². The van der Waals surface area contributed by atoms with E-state index in [-0.39, 0.29) is 10.8 Å². The third-order valence-corrected chi connectivity index (χ3v) is 12.6. The van der Waals surface area contributed by atoms with Crippen LogP contribution in [-0.2, 0) is 10.8 Å². The van der Waals surface area contributed by atoms with Gasteiger partial charge in [0.25, 0.3) is 0 Å². The standard InChI is InChI=1S/C49H36N4O/c1-48(2)39-12-6-4-10-33(39)34-19-15-30(25-40(34)48)45-51-46(53-47(52-45)32-17-21-38-37-11-5-7-13-43(37)54-44(38)27-32)31-16-20-36-35-18-14-29(28-50)24-41(35)49(42(36)26-31)22-8-3-9-23-49/h4-7,10-21,24-27H,3,8-9,22-23H2,1-2H3. The fraction of sp³-hybridized carbons (Fsp3) is 0.184. The molecular formula is C49H36N4O. The minimum atomic E-state index is -0.151. The van der Waals surface area contributed by atoms with Crippen LogP contribution in [0.15, 0.2) is 126 Å². The monoisotopic (exact) mass is 696 g/mol. The summed E-state index contributed by atoms with van der Waals surface area (Å²) in [7, 11) is 0. The fourth-order valence-corrected chi connectivity index (χ4v) is 9.87. The van der Waals surface area contributed by atoms with Crippen LogP contribution in [0, 0.1) is 11.3 Å². The van der Waals surface area contributed by atoms with Crippen molar-refractivity contribution in [3.05, 3.63) is 149 Å². The highest BCUT2D eigenvalue weighted by molar-refractivity contribution is 6.05. The molecule has 0 aliphatic heterocycles. The molecule has 3 aliphatic carbocycles. The van der Waals surface area contributed by atoms with Gasteiger partial charge >= 0.3 is 0 Å². The Balaban J connectivity index is 1.10. The van der Waals surface area contributed by atoms with Gasteiger partial charge in [-0.2, -0.15) is 5.26 Å². The van der Waals surface area contributed by atoms with Gasteiger partial charge in [0.2, 0.25) is 0 Å².